The van der Waals surface area contributed by atoms with Gasteiger partial charge in [-0.3, -0.25) is 4.57 Å². The van der Waals surface area contributed by atoms with Gasteiger partial charge in [0.1, 0.15) is 6.79 Å². The zero-order valence-corrected chi connectivity index (χ0v) is 11.0. The largest absolute Gasteiger partial charge is 0.481 e. The van der Waals surface area contributed by atoms with Crippen molar-refractivity contribution in [3.63, 3.8) is 0 Å². The summed E-state index contributed by atoms with van der Waals surface area (Å²) in [7, 11) is -4.35. The molecule has 1 aliphatic heterocycles. The van der Waals surface area contributed by atoms with Crippen molar-refractivity contribution in [3.05, 3.63) is 36.1 Å². The average molecular weight is 276 g/mol. The smallest absolute Gasteiger partial charge is 0.370 e. The van der Waals surface area contributed by atoms with Gasteiger partial charge in [0.25, 0.3) is 0 Å². The molecular formula is C11H17O6P. The minimum absolute atomic E-state index is 0.0296. The van der Waals surface area contributed by atoms with Crippen LogP contribution in [-0.2, 0) is 18.8 Å². The van der Waals surface area contributed by atoms with Crippen LogP contribution >= 0.6 is 7.60 Å². The second kappa shape index (κ2) is 6.87. The molecule has 0 aromatic heterocycles. The summed E-state index contributed by atoms with van der Waals surface area (Å²) in [4.78, 5) is 18.2. The first-order valence-electron chi connectivity index (χ1n) is 5.27. The maximum atomic E-state index is 11.2. The van der Waals surface area contributed by atoms with E-state index in [0.29, 0.717) is 12.2 Å². The Balaban J connectivity index is 2.39. The third kappa shape index (κ3) is 5.16. The van der Waals surface area contributed by atoms with Crippen LogP contribution in [0.1, 0.15) is 6.92 Å². The second-order valence-corrected chi connectivity index (χ2v) is 5.57. The molecule has 1 unspecified atom stereocenters. The fourth-order valence-electron chi connectivity index (χ4n) is 1.30. The summed E-state index contributed by atoms with van der Waals surface area (Å²) in [6, 6.07) is 0. The molecule has 1 atom stereocenters. The molecule has 102 valence electrons. The SMILES string of the molecule is C=C(C)COCOCC1=CC=COC1P(=O)(O)O. The molecule has 0 spiro atoms. The molecule has 2 N–H and O–H groups in total. The van der Waals surface area contributed by atoms with Crippen molar-refractivity contribution in [2.75, 3.05) is 20.0 Å². The van der Waals surface area contributed by atoms with Gasteiger partial charge in [0.15, 0.2) is 0 Å². The molecule has 0 amide bonds. The summed E-state index contributed by atoms with van der Waals surface area (Å²) in [6.07, 6.45) is 4.36. The van der Waals surface area contributed by atoms with Gasteiger partial charge >= 0.3 is 7.60 Å². The van der Waals surface area contributed by atoms with Gasteiger partial charge in [0.2, 0.25) is 5.85 Å². The standard InChI is InChI=1S/C11H17O6P/c1-9(2)6-15-8-16-7-10-4-3-5-17-11(10)18(12,13)14/h3-5,11H,1,6-8H2,2H3,(H2,12,13,14). The fraction of sp³-hybridized carbons (Fsp3) is 0.455. The van der Waals surface area contributed by atoms with E-state index in [2.05, 4.69) is 6.58 Å². The molecule has 1 heterocycles. The van der Waals surface area contributed by atoms with Crippen LogP contribution in [0.15, 0.2) is 36.1 Å². The minimum atomic E-state index is -4.35. The molecule has 0 aliphatic carbocycles. The third-order valence-electron chi connectivity index (χ3n) is 2.00. The Morgan fingerprint density at radius 1 is 1.56 bits per heavy atom. The zero-order chi connectivity index (χ0) is 13.6. The van der Waals surface area contributed by atoms with E-state index < -0.39 is 13.4 Å². The van der Waals surface area contributed by atoms with Crippen molar-refractivity contribution in [1.82, 2.24) is 0 Å². The lowest BCUT2D eigenvalue weighted by molar-refractivity contribution is -0.0403. The van der Waals surface area contributed by atoms with E-state index in [0.717, 1.165) is 5.57 Å². The topological polar surface area (TPSA) is 85.2 Å². The third-order valence-corrected chi connectivity index (χ3v) is 3.07. The summed E-state index contributed by atoms with van der Waals surface area (Å²) in [5.41, 5.74) is 1.25. The predicted octanol–water partition coefficient (Wildman–Crippen LogP) is 1.53. The lowest BCUT2D eigenvalue weighted by atomic mass is 10.2. The van der Waals surface area contributed by atoms with E-state index in [-0.39, 0.29) is 13.4 Å². The Kier molecular flexibility index (Phi) is 5.78. The van der Waals surface area contributed by atoms with Crippen molar-refractivity contribution in [3.8, 4) is 0 Å². The van der Waals surface area contributed by atoms with Crippen LogP contribution in [0.4, 0.5) is 0 Å². The van der Waals surface area contributed by atoms with Gasteiger partial charge in [-0.15, -0.1) is 0 Å². The molecule has 0 saturated carbocycles. The van der Waals surface area contributed by atoms with Gasteiger partial charge in [-0.05, 0) is 13.0 Å². The van der Waals surface area contributed by atoms with Gasteiger partial charge in [-0.2, -0.15) is 0 Å². The van der Waals surface area contributed by atoms with Gasteiger partial charge in [0, 0.05) is 5.57 Å². The molecule has 6 nitrogen and oxygen atoms in total. The summed E-state index contributed by atoms with van der Waals surface area (Å²) >= 11 is 0. The molecule has 0 saturated heterocycles. The predicted molar refractivity (Wildman–Crippen MR) is 65.7 cm³/mol. The van der Waals surface area contributed by atoms with Crippen LogP contribution in [0.2, 0.25) is 0 Å². The molecule has 0 aromatic carbocycles. The lowest BCUT2D eigenvalue weighted by Gasteiger charge is -2.23. The van der Waals surface area contributed by atoms with Crippen LogP contribution in [-0.4, -0.2) is 35.6 Å². The first-order valence-corrected chi connectivity index (χ1v) is 6.95. The quantitative estimate of drug-likeness (QED) is 0.317. The summed E-state index contributed by atoms with van der Waals surface area (Å²) < 4.78 is 26.3. The molecule has 0 fully saturated rings. The molecule has 0 aromatic rings. The second-order valence-electron chi connectivity index (χ2n) is 3.92. The van der Waals surface area contributed by atoms with Gasteiger partial charge in [0.05, 0.1) is 19.5 Å². The van der Waals surface area contributed by atoms with E-state index >= 15 is 0 Å². The van der Waals surface area contributed by atoms with Crippen LogP contribution < -0.4 is 0 Å². The van der Waals surface area contributed by atoms with Crippen LogP contribution in [0.25, 0.3) is 0 Å². The maximum Gasteiger partial charge on any atom is 0.370 e. The molecule has 7 heteroatoms. The normalized spacial score (nSPS) is 19.3. The summed E-state index contributed by atoms with van der Waals surface area (Å²) in [6.45, 7) is 5.94. The monoisotopic (exact) mass is 276 g/mol. The maximum absolute atomic E-state index is 11.2. The Morgan fingerprint density at radius 2 is 2.28 bits per heavy atom. The Labute approximate surface area is 106 Å². The molecule has 0 bridgehead atoms. The average Bonchev–Trinajstić information content (AvgIpc) is 2.27. The summed E-state index contributed by atoms with van der Waals surface area (Å²) in [5.74, 6) is -1.27. The van der Waals surface area contributed by atoms with E-state index in [1.165, 1.54) is 6.26 Å². The van der Waals surface area contributed by atoms with Crippen molar-refractivity contribution in [2.45, 2.75) is 12.8 Å². The molecular weight excluding hydrogens is 259 g/mol. The number of hydrogen-bond donors (Lipinski definition) is 2. The Hall–Kier alpha value is -0.910. The number of hydrogen-bond acceptors (Lipinski definition) is 4. The highest BCUT2D eigenvalue weighted by molar-refractivity contribution is 7.52. The Morgan fingerprint density at radius 3 is 2.89 bits per heavy atom. The zero-order valence-electron chi connectivity index (χ0n) is 10.1. The van der Waals surface area contributed by atoms with Crippen molar-refractivity contribution in [2.24, 2.45) is 0 Å². The van der Waals surface area contributed by atoms with Crippen molar-refractivity contribution in [1.29, 1.82) is 0 Å². The highest BCUT2D eigenvalue weighted by Gasteiger charge is 2.34. The summed E-state index contributed by atoms with van der Waals surface area (Å²) in [5, 5.41) is 0. The van der Waals surface area contributed by atoms with Gasteiger partial charge in [-0.1, -0.05) is 18.2 Å². The van der Waals surface area contributed by atoms with Gasteiger partial charge in [-0.25, -0.2) is 0 Å². The van der Waals surface area contributed by atoms with E-state index in [9.17, 15) is 4.57 Å². The van der Waals surface area contributed by atoms with Crippen molar-refractivity contribution >= 4 is 7.60 Å². The van der Waals surface area contributed by atoms with Gasteiger partial charge < -0.3 is 24.0 Å². The molecule has 1 rings (SSSR count). The molecule has 1 aliphatic rings. The number of ether oxygens (including phenoxy) is 3. The fourth-order valence-corrected chi connectivity index (χ4v) is 2.12. The first kappa shape index (κ1) is 15.1. The number of rotatable bonds is 7. The Bertz CT molecular complexity index is 394. The first-order chi connectivity index (χ1) is 8.41. The van der Waals surface area contributed by atoms with E-state index in [1.54, 1.807) is 12.2 Å². The van der Waals surface area contributed by atoms with Crippen LogP contribution in [0.3, 0.4) is 0 Å². The number of allylic oxidation sites excluding steroid dienone is 2. The van der Waals surface area contributed by atoms with E-state index in [4.69, 9.17) is 24.0 Å². The molecule has 18 heavy (non-hydrogen) atoms. The van der Waals surface area contributed by atoms with Crippen LogP contribution in [0.5, 0.6) is 0 Å². The van der Waals surface area contributed by atoms with Crippen molar-refractivity contribution < 1.29 is 28.6 Å². The van der Waals surface area contributed by atoms with E-state index in [1.807, 2.05) is 6.92 Å². The molecule has 0 radical (unpaired) electrons. The minimum Gasteiger partial charge on any atom is -0.481 e. The lowest BCUT2D eigenvalue weighted by Crippen LogP contribution is -2.20. The highest BCUT2D eigenvalue weighted by atomic mass is 31.2. The van der Waals surface area contributed by atoms with Crippen LogP contribution in [0, 0.1) is 0 Å². The highest BCUT2D eigenvalue weighted by Crippen LogP contribution is 2.46.